The average Bonchev–Trinajstić information content (AvgIpc) is 2.84. The van der Waals surface area contributed by atoms with Crippen molar-refractivity contribution in [3.05, 3.63) is 29.3 Å². The number of hydrogen-bond donors (Lipinski definition) is 1. The fourth-order valence-corrected chi connectivity index (χ4v) is 4.41. The molecule has 1 N–H and O–H groups in total. The highest BCUT2D eigenvalue weighted by Gasteiger charge is 2.38. The molecule has 19 heavy (non-hydrogen) atoms. The number of ether oxygens (including phenoxy) is 1. The molecule has 1 fully saturated rings. The van der Waals surface area contributed by atoms with Gasteiger partial charge in [-0.15, -0.1) is 0 Å². The zero-order chi connectivity index (χ0) is 13.9. The van der Waals surface area contributed by atoms with E-state index in [0.717, 1.165) is 12.3 Å². The van der Waals surface area contributed by atoms with Gasteiger partial charge in [0.2, 0.25) is 0 Å². The Morgan fingerprint density at radius 1 is 1.47 bits per heavy atom. The fraction of sp³-hybridized carbons (Fsp3) is 0.625. The summed E-state index contributed by atoms with van der Waals surface area (Å²) in [5, 5.41) is 3.70. The molecule has 1 saturated heterocycles. The van der Waals surface area contributed by atoms with E-state index >= 15 is 0 Å². The van der Waals surface area contributed by atoms with Crippen LogP contribution in [0, 0.1) is 6.92 Å². The molecular formula is C16H25NOS. The molecule has 0 saturated carbocycles. The number of rotatable bonds is 5. The maximum Gasteiger partial charge on any atom is 0.119 e. The molecule has 0 spiro atoms. The molecule has 1 aromatic carbocycles. The van der Waals surface area contributed by atoms with Crippen LogP contribution in [0.3, 0.4) is 0 Å². The SMILES string of the molecule is CCNC(c1ccc(OC)cc1C)C1(C)CCCS1. The predicted octanol–water partition coefficient (Wildman–Crippen LogP) is 3.94. The summed E-state index contributed by atoms with van der Waals surface area (Å²) in [6, 6.07) is 6.88. The molecule has 0 aromatic heterocycles. The molecule has 1 aliphatic heterocycles. The largest absolute Gasteiger partial charge is 0.497 e. The molecular weight excluding hydrogens is 254 g/mol. The summed E-state index contributed by atoms with van der Waals surface area (Å²) >= 11 is 2.11. The van der Waals surface area contributed by atoms with Crippen molar-refractivity contribution in [3.63, 3.8) is 0 Å². The van der Waals surface area contributed by atoms with Gasteiger partial charge in [0.15, 0.2) is 0 Å². The first-order valence-electron chi connectivity index (χ1n) is 7.12. The second kappa shape index (κ2) is 6.19. The third-order valence-electron chi connectivity index (χ3n) is 4.06. The van der Waals surface area contributed by atoms with Gasteiger partial charge in [-0.2, -0.15) is 11.8 Å². The van der Waals surface area contributed by atoms with Gasteiger partial charge in [-0.05, 0) is 62.2 Å². The average molecular weight is 279 g/mol. The van der Waals surface area contributed by atoms with Crippen LogP contribution in [0.4, 0.5) is 0 Å². The topological polar surface area (TPSA) is 21.3 Å². The van der Waals surface area contributed by atoms with Gasteiger partial charge in [-0.3, -0.25) is 0 Å². The van der Waals surface area contributed by atoms with Crippen LogP contribution in [0.25, 0.3) is 0 Å². The zero-order valence-electron chi connectivity index (χ0n) is 12.5. The Morgan fingerprint density at radius 2 is 2.26 bits per heavy atom. The van der Waals surface area contributed by atoms with Crippen LogP contribution in [-0.4, -0.2) is 24.2 Å². The van der Waals surface area contributed by atoms with E-state index in [2.05, 4.69) is 56.0 Å². The third-order valence-corrected chi connectivity index (χ3v) is 5.65. The highest BCUT2D eigenvalue weighted by molar-refractivity contribution is 8.00. The Kier molecular flexibility index (Phi) is 4.80. The van der Waals surface area contributed by atoms with Crippen molar-refractivity contribution >= 4 is 11.8 Å². The molecule has 1 aliphatic rings. The van der Waals surface area contributed by atoms with Crippen LogP contribution in [0.15, 0.2) is 18.2 Å². The number of hydrogen-bond acceptors (Lipinski definition) is 3. The molecule has 106 valence electrons. The first kappa shape index (κ1) is 14.7. The first-order valence-corrected chi connectivity index (χ1v) is 8.11. The summed E-state index contributed by atoms with van der Waals surface area (Å²) < 4.78 is 5.63. The highest BCUT2D eigenvalue weighted by atomic mass is 32.2. The molecule has 1 heterocycles. The van der Waals surface area contributed by atoms with Crippen LogP contribution in [0.2, 0.25) is 0 Å². The lowest BCUT2D eigenvalue weighted by Crippen LogP contribution is -2.38. The summed E-state index contributed by atoms with van der Waals surface area (Å²) in [5.74, 6) is 2.23. The van der Waals surface area contributed by atoms with E-state index in [9.17, 15) is 0 Å². The third kappa shape index (κ3) is 3.09. The van der Waals surface area contributed by atoms with E-state index in [-0.39, 0.29) is 0 Å². The van der Waals surface area contributed by atoms with Gasteiger partial charge < -0.3 is 10.1 Å². The lowest BCUT2D eigenvalue weighted by molar-refractivity contribution is 0.408. The van der Waals surface area contributed by atoms with E-state index in [4.69, 9.17) is 4.74 Å². The summed E-state index contributed by atoms with van der Waals surface area (Å²) in [6.45, 7) is 7.79. The summed E-state index contributed by atoms with van der Waals surface area (Å²) in [4.78, 5) is 0. The van der Waals surface area contributed by atoms with Gasteiger partial charge in [0.1, 0.15) is 5.75 Å². The summed E-state index contributed by atoms with van der Waals surface area (Å²) in [6.07, 6.45) is 2.62. The Labute approximate surface area is 121 Å². The van der Waals surface area contributed by atoms with Crippen molar-refractivity contribution in [2.24, 2.45) is 0 Å². The Balaban J connectivity index is 2.33. The van der Waals surface area contributed by atoms with Crippen LogP contribution >= 0.6 is 11.8 Å². The van der Waals surface area contributed by atoms with E-state index in [0.29, 0.717) is 10.8 Å². The van der Waals surface area contributed by atoms with Crippen LogP contribution in [0.1, 0.15) is 43.9 Å². The molecule has 0 amide bonds. The van der Waals surface area contributed by atoms with Crippen molar-refractivity contribution in [1.82, 2.24) is 5.32 Å². The van der Waals surface area contributed by atoms with Crippen LogP contribution in [-0.2, 0) is 0 Å². The number of nitrogens with one attached hydrogen (secondary N) is 1. The van der Waals surface area contributed by atoms with Gasteiger partial charge >= 0.3 is 0 Å². The second-order valence-corrected chi connectivity index (χ2v) is 7.11. The van der Waals surface area contributed by atoms with Gasteiger partial charge in [0, 0.05) is 10.8 Å². The number of methoxy groups -OCH3 is 1. The lowest BCUT2D eigenvalue weighted by Gasteiger charge is -2.35. The molecule has 3 heteroatoms. The Bertz CT molecular complexity index is 427. The van der Waals surface area contributed by atoms with E-state index < -0.39 is 0 Å². The Hall–Kier alpha value is -0.670. The first-order chi connectivity index (χ1) is 9.10. The van der Waals surface area contributed by atoms with Gasteiger partial charge in [0.25, 0.3) is 0 Å². The zero-order valence-corrected chi connectivity index (χ0v) is 13.3. The quantitative estimate of drug-likeness (QED) is 0.882. The maximum absolute atomic E-state index is 5.31. The Morgan fingerprint density at radius 3 is 2.79 bits per heavy atom. The smallest absolute Gasteiger partial charge is 0.119 e. The van der Waals surface area contributed by atoms with E-state index in [1.807, 2.05) is 0 Å². The van der Waals surface area contributed by atoms with Crippen molar-refractivity contribution < 1.29 is 4.74 Å². The minimum absolute atomic E-state index is 0.315. The maximum atomic E-state index is 5.31. The summed E-state index contributed by atoms with van der Waals surface area (Å²) in [7, 11) is 1.73. The normalized spacial score (nSPS) is 24.4. The highest BCUT2D eigenvalue weighted by Crippen LogP contribution is 2.47. The standard InChI is InChI=1S/C16H25NOS/c1-5-17-15(16(3)9-6-10-19-16)14-8-7-13(18-4)11-12(14)2/h7-8,11,15,17H,5-6,9-10H2,1-4H3. The molecule has 2 unspecified atom stereocenters. The van der Waals surface area contributed by atoms with Crippen molar-refractivity contribution in [1.29, 1.82) is 0 Å². The fourth-order valence-electron chi connectivity index (χ4n) is 2.99. The van der Waals surface area contributed by atoms with Gasteiger partial charge in [-0.1, -0.05) is 13.0 Å². The predicted molar refractivity (Wildman–Crippen MR) is 84.2 cm³/mol. The van der Waals surface area contributed by atoms with Crippen molar-refractivity contribution in [3.8, 4) is 5.75 Å². The number of benzene rings is 1. The molecule has 0 radical (unpaired) electrons. The van der Waals surface area contributed by atoms with Gasteiger partial charge in [-0.25, -0.2) is 0 Å². The lowest BCUT2D eigenvalue weighted by atomic mass is 9.88. The molecule has 1 aromatic rings. The monoisotopic (exact) mass is 279 g/mol. The van der Waals surface area contributed by atoms with E-state index in [1.54, 1.807) is 7.11 Å². The molecule has 0 bridgehead atoms. The van der Waals surface area contributed by atoms with Crippen LogP contribution < -0.4 is 10.1 Å². The van der Waals surface area contributed by atoms with Gasteiger partial charge in [0.05, 0.1) is 7.11 Å². The number of thioether (sulfide) groups is 1. The van der Waals surface area contributed by atoms with E-state index in [1.165, 1.54) is 29.7 Å². The molecule has 2 nitrogen and oxygen atoms in total. The molecule has 0 aliphatic carbocycles. The minimum atomic E-state index is 0.315. The van der Waals surface area contributed by atoms with Crippen molar-refractivity contribution in [2.75, 3.05) is 19.4 Å². The minimum Gasteiger partial charge on any atom is -0.497 e. The van der Waals surface area contributed by atoms with Crippen molar-refractivity contribution in [2.45, 2.75) is 44.4 Å². The second-order valence-electron chi connectivity index (χ2n) is 5.48. The summed E-state index contributed by atoms with van der Waals surface area (Å²) in [5.41, 5.74) is 2.73. The van der Waals surface area contributed by atoms with Crippen LogP contribution in [0.5, 0.6) is 5.75 Å². The number of aryl methyl sites for hydroxylation is 1. The molecule has 2 atom stereocenters. The molecule has 2 rings (SSSR count).